The first-order chi connectivity index (χ1) is 13.7. The number of hydrogen-bond donors (Lipinski definition) is 1. The zero-order valence-electron chi connectivity index (χ0n) is 19.8. The quantitative estimate of drug-likeness (QED) is 0.320. The average Bonchev–Trinajstić information content (AvgIpc) is 2.95. The molecular formula is C25H46N2O2. The molecule has 2 rings (SSSR count). The molecular weight excluding hydrogens is 360 g/mol. The van der Waals surface area contributed by atoms with E-state index >= 15 is 0 Å². The Balaban J connectivity index is 1.84. The summed E-state index contributed by atoms with van der Waals surface area (Å²) in [6, 6.07) is 0.0438. The van der Waals surface area contributed by atoms with E-state index in [0.717, 1.165) is 12.8 Å². The van der Waals surface area contributed by atoms with Crippen molar-refractivity contribution in [1.82, 2.24) is 10.2 Å². The third-order valence-electron chi connectivity index (χ3n) is 7.06. The van der Waals surface area contributed by atoms with Crippen molar-refractivity contribution < 1.29 is 9.59 Å². The molecule has 2 atom stereocenters. The Morgan fingerprint density at radius 2 is 1.31 bits per heavy atom. The minimum atomic E-state index is -0.0746. The molecule has 2 saturated heterocycles. The summed E-state index contributed by atoms with van der Waals surface area (Å²) >= 11 is 0. The van der Waals surface area contributed by atoms with E-state index < -0.39 is 0 Å². The SMILES string of the molecule is CCCCCCCCCCCC[C@@H]1C(N2C(=O)CCC2=O)CC(C)(C)NC1(C)C. The van der Waals surface area contributed by atoms with Crippen LogP contribution in [0.15, 0.2) is 0 Å². The van der Waals surface area contributed by atoms with Crippen molar-refractivity contribution >= 4 is 11.8 Å². The van der Waals surface area contributed by atoms with Crippen LogP contribution in [0, 0.1) is 5.92 Å². The lowest BCUT2D eigenvalue weighted by atomic mass is 9.69. The molecule has 168 valence electrons. The van der Waals surface area contributed by atoms with E-state index in [1.165, 1.54) is 64.2 Å². The van der Waals surface area contributed by atoms with Crippen molar-refractivity contribution in [1.29, 1.82) is 0 Å². The number of carbonyl (C=O) groups excluding carboxylic acids is 2. The highest BCUT2D eigenvalue weighted by Gasteiger charge is 2.50. The van der Waals surface area contributed by atoms with Gasteiger partial charge in [0.1, 0.15) is 0 Å². The molecule has 2 amide bonds. The Morgan fingerprint density at radius 1 is 0.828 bits per heavy atom. The highest BCUT2D eigenvalue weighted by Crippen LogP contribution is 2.40. The zero-order chi connectivity index (χ0) is 21.5. The monoisotopic (exact) mass is 406 g/mol. The number of hydrogen-bond acceptors (Lipinski definition) is 3. The number of rotatable bonds is 12. The van der Waals surface area contributed by atoms with Crippen LogP contribution in [0.3, 0.4) is 0 Å². The number of nitrogens with zero attached hydrogens (tertiary/aromatic N) is 1. The standard InChI is InChI=1S/C25H46N2O2/c1-6-7-8-9-10-11-12-13-14-15-16-20-21(27-22(28)17-18-23(27)29)19-24(2,3)26-25(20,4)5/h20-21,26H,6-19H2,1-5H3/t20-,21?/m1/s1. The van der Waals surface area contributed by atoms with Crippen LogP contribution in [0.4, 0.5) is 0 Å². The maximum absolute atomic E-state index is 12.5. The van der Waals surface area contributed by atoms with Crippen LogP contribution in [0.2, 0.25) is 0 Å². The maximum atomic E-state index is 12.5. The van der Waals surface area contributed by atoms with E-state index in [1.54, 1.807) is 4.90 Å². The van der Waals surface area contributed by atoms with Gasteiger partial charge in [0, 0.05) is 30.0 Å². The van der Waals surface area contributed by atoms with E-state index in [9.17, 15) is 9.59 Å². The number of amides is 2. The van der Waals surface area contributed by atoms with Gasteiger partial charge in [-0.1, -0.05) is 71.1 Å². The average molecular weight is 407 g/mol. The first-order valence-corrected chi connectivity index (χ1v) is 12.3. The van der Waals surface area contributed by atoms with Gasteiger partial charge in [-0.25, -0.2) is 0 Å². The fourth-order valence-corrected chi connectivity index (χ4v) is 5.80. The molecule has 1 N–H and O–H groups in total. The molecule has 0 radical (unpaired) electrons. The van der Waals surface area contributed by atoms with Crippen LogP contribution in [0.1, 0.15) is 125 Å². The second-order valence-electron chi connectivity index (χ2n) is 10.7. The summed E-state index contributed by atoms with van der Waals surface area (Å²) in [7, 11) is 0. The number of likely N-dealkylation sites (tertiary alicyclic amines) is 1. The predicted molar refractivity (Wildman–Crippen MR) is 121 cm³/mol. The first-order valence-electron chi connectivity index (χ1n) is 12.3. The summed E-state index contributed by atoms with van der Waals surface area (Å²) in [4.78, 5) is 26.6. The van der Waals surface area contributed by atoms with Crippen LogP contribution in [0.25, 0.3) is 0 Å². The molecule has 0 spiro atoms. The van der Waals surface area contributed by atoms with E-state index in [0.29, 0.717) is 18.8 Å². The van der Waals surface area contributed by atoms with Crippen molar-refractivity contribution in [2.24, 2.45) is 5.92 Å². The number of nitrogens with one attached hydrogen (secondary N) is 1. The molecule has 29 heavy (non-hydrogen) atoms. The van der Waals surface area contributed by atoms with Crippen molar-refractivity contribution in [3.8, 4) is 0 Å². The maximum Gasteiger partial charge on any atom is 0.229 e. The Hall–Kier alpha value is -0.900. The summed E-state index contributed by atoms with van der Waals surface area (Å²) < 4.78 is 0. The third-order valence-corrected chi connectivity index (χ3v) is 7.06. The minimum absolute atomic E-state index is 0.0431. The Labute approximate surface area is 179 Å². The van der Waals surface area contributed by atoms with Crippen LogP contribution < -0.4 is 5.32 Å². The first kappa shape index (κ1) is 24.4. The number of piperidine rings is 1. The molecule has 1 unspecified atom stereocenters. The summed E-state index contributed by atoms with van der Waals surface area (Å²) in [5, 5.41) is 3.80. The molecule has 4 nitrogen and oxygen atoms in total. The number of imide groups is 1. The molecule has 0 saturated carbocycles. The molecule has 2 fully saturated rings. The highest BCUT2D eigenvalue weighted by atomic mass is 16.2. The highest BCUT2D eigenvalue weighted by molar-refractivity contribution is 6.02. The molecule has 0 aromatic heterocycles. The second kappa shape index (κ2) is 10.9. The number of carbonyl (C=O) groups is 2. The molecule has 0 aliphatic carbocycles. The summed E-state index contributed by atoms with van der Waals surface area (Å²) in [6.45, 7) is 11.2. The van der Waals surface area contributed by atoms with E-state index in [2.05, 4.69) is 39.9 Å². The zero-order valence-corrected chi connectivity index (χ0v) is 19.8. The Kier molecular flexibility index (Phi) is 9.18. The van der Waals surface area contributed by atoms with Gasteiger partial charge in [0.25, 0.3) is 0 Å². The van der Waals surface area contributed by atoms with Crippen molar-refractivity contribution in [2.75, 3.05) is 0 Å². The van der Waals surface area contributed by atoms with Gasteiger partial charge in [-0.2, -0.15) is 0 Å². The van der Waals surface area contributed by atoms with Crippen LogP contribution in [0.5, 0.6) is 0 Å². The van der Waals surface area contributed by atoms with Crippen LogP contribution in [-0.2, 0) is 9.59 Å². The molecule has 0 aromatic carbocycles. The lowest BCUT2D eigenvalue weighted by Crippen LogP contribution is -2.68. The molecule has 2 aliphatic heterocycles. The van der Waals surface area contributed by atoms with E-state index in [4.69, 9.17) is 0 Å². The summed E-state index contributed by atoms with van der Waals surface area (Å²) in [6.07, 6.45) is 16.1. The lowest BCUT2D eigenvalue weighted by molar-refractivity contribution is -0.145. The van der Waals surface area contributed by atoms with Gasteiger partial charge in [-0.05, 0) is 46.5 Å². The van der Waals surface area contributed by atoms with Gasteiger partial charge in [0.2, 0.25) is 11.8 Å². The van der Waals surface area contributed by atoms with Crippen molar-refractivity contribution in [3.63, 3.8) is 0 Å². The van der Waals surface area contributed by atoms with Gasteiger partial charge < -0.3 is 5.32 Å². The lowest BCUT2D eigenvalue weighted by Gasteiger charge is -2.54. The summed E-state index contributed by atoms with van der Waals surface area (Å²) in [5.74, 6) is 0.415. The largest absolute Gasteiger partial charge is 0.306 e. The Morgan fingerprint density at radius 3 is 1.83 bits per heavy atom. The predicted octanol–water partition coefficient (Wildman–Crippen LogP) is 5.98. The van der Waals surface area contributed by atoms with Crippen molar-refractivity contribution in [3.05, 3.63) is 0 Å². The summed E-state index contributed by atoms with van der Waals surface area (Å²) in [5.41, 5.74) is -0.138. The third kappa shape index (κ3) is 7.08. The molecule has 2 aliphatic rings. The fourth-order valence-electron chi connectivity index (χ4n) is 5.80. The second-order valence-corrected chi connectivity index (χ2v) is 10.7. The van der Waals surface area contributed by atoms with Gasteiger partial charge in [-0.15, -0.1) is 0 Å². The molecule has 0 bridgehead atoms. The van der Waals surface area contributed by atoms with Gasteiger partial charge in [0.05, 0.1) is 0 Å². The molecule has 0 aromatic rings. The van der Waals surface area contributed by atoms with Crippen LogP contribution in [-0.4, -0.2) is 33.8 Å². The topological polar surface area (TPSA) is 49.4 Å². The van der Waals surface area contributed by atoms with E-state index in [-0.39, 0.29) is 28.9 Å². The van der Waals surface area contributed by atoms with Crippen molar-refractivity contribution in [2.45, 2.75) is 142 Å². The van der Waals surface area contributed by atoms with Gasteiger partial charge >= 0.3 is 0 Å². The van der Waals surface area contributed by atoms with Gasteiger partial charge in [0.15, 0.2) is 0 Å². The molecule has 4 heteroatoms. The van der Waals surface area contributed by atoms with E-state index in [1.807, 2.05) is 0 Å². The fraction of sp³-hybridized carbons (Fsp3) is 0.920. The number of unbranched alkanes of at least 4 members (excludes halogenated alkanes) is 9. The smallest absolute Gasteiger partial charge is 0.229 e. The Bertz CT molecular complexity index is 525. The van der Waals surface area contributed by atoms with Gasteiger partial charge in [-0.3, -0.25) is 14.5 Å². The minimum Gasteiger partial charge on any atom is -0.306 e. The van der Waals surface area contributed by atoms with Crippen LogP contribution >= 0.6 is 0 Å². The normalized spacial score (nSPS) is 26.3. The molecule has 2 heterocycles.